The fraction of sp³-hybridized carbons (Fsp3) is 0.800. The molecule has 0 aromatic carbocycles. The molecule has 1 aliphatic heterocycles. The molecule has 0 N–H and O–H groups in total. The standard InChI is InChI=1S/C5H8ClNO3/c1-5(9-2)3-10-4(8)7(5)6/h3H2,1-2H3. The monoisotopic (exact) mass is 165 g/mol. The maximum atomic E-state index is 10.6. The summed E-state index contributed by atoms with van der Waals surface area (Å²) in [5, 5.41) is 0. The van der Waals surface area contributed by atoms with E-state index in [2.05, 4.69) is 4.74 Å². The van der Waals surface area contributed by atoms with Crippen LogP contribution in [0.1, 0.15) is 6.92 Å². The largest absolute Gasteiger partial charge is 0.443 e. The Labute approximate surface area is 63.8 Å². The van der Waals surface area contributed by atoms with E-state index in [-0.39, 0.29) is 6.61 Å². The number of carbonyl (C=O) groups excluding carboxylic acids is 1. The molecular weight excluding hydrogens is 158 g/mol. The van der Waals surface area contributed by atoms with E-state index >= 15 is 0 Å². The Morgan fingerprint density at radius 3 is 2.70 bits per heavy atom. The van der Waals surface area contributed by atoms with Crippen LogP contribution in [0.4, 0.5) is 4.79 Å². The van der Waals surface area contributed by atoms with Crippen LogP contribution in [0, 0.1) is 0 Å². The van der Waals surface area contributed by atoms with Crippen molar-refractivity contribution in [3.63, 3.8) is 0 Å². The average Bonchev–Trinajstić information content (AvgIpc) is 2.19. The first-order valence-electron chi connectivity index (χ1n) is 2.78. The third-order valence-electron chi connectivity index (χ3n) is 1.48. The molecule has 0 bridgehead atoms. The van der Waals surface area contributed by atoms with Crippen LogP contribution in [0.15, 0.2) is 0 Å². The molecule has 0 radical (unpaired) electrons. The summed E-state index contributed by atoms with van der Waals surface area (Å²) < 4.78 is 10.4. The van der Waals surface area contributed by atoms with Gasteiger partial charge in [-0.25, -0.2) is 4.79 Å². The quantitative estimate of drug-likeness (QED) is 0.543. The number of ether oxygens (including phenoxy) is 2. The minimum atomic E-state index is -0.807. The zero-order valence-corrected chi connectivity index (χ0v) is 6.51. The number of methoxy groups -OCH3 is 1. The van der Waals surface area contributed by atoms with E-state index in [1.807, 2.05) is 0 Å². The lowest BCUT2D eigenvalue weighted by atomic mass is 10.3. The van der Waals surface area contributed by atoms with Gasteiger partial charge in [-0.2, -0.15) is 4.42 Å². The minimum absolute atomic E-state index is 0.172. The molecule has 1 unspecified atom stereocenters. The van der Waals surface area contributed by atoms with Crippen molar-refractivity contribution in [2.45, 2.75) is 12.6 Å². The highest BCUT2D eigenvalue weighted by molar-refractivity contribution is 6.21. The average molecular weight is 166 g/mol. The van der Waals surface area contributed by atoms with E-state index in [4.69, 9.17) is 16.5 Å². The number of hydrogen-bond acceptors (Lipinski definition) is 3. The van der Waals surface area contributed by atoms with Crippen molar-refractivity contribution in [3.8, 4) is 0 Å². The summed E-state index contributed by atoms with van der Waals surface area (Å²) in [5.74, 6) is 0. The smallest absolute Gasteiger partial charge is 0.427 e. The topological polar surface area (TPSA) is 38.8 Å². The Kier molecular flexibility index (Phi) is 1.74. The Balaban J connectivity index is 2.73. The Morgan fingerprint density at radius 1 is 1.90 bits per heavy atom. The molecular formula is C5H8ClNO3. The summed E-state index contributed by atoms with van der Waals surface area (Å²) in [6.07, 6.45) is -0.564. The molecule has 5 heteroatoms. The SMILES string of the molecule is COC1(C)COC(=O)N1Cl. The predicted octanol–water partition coefficient (Wildman–Crippen LogP) is 0.955. The number of halogens is 1. The first kappa shape index (κ1) is 7.63. The fourth-order valence-corrected chi connectivity index (χ4v) is 0.808. The molecule has 0 aromatic rings. The van der Waals surface area contributed by atoms with E-state index in [1.54, 1.807) is 6.92 Å². The third-order valence-corrected chi connectivity index (χ3v) is 1.97. The van der Waals surface area contributed by atoms with Crippen molar-refractivity contribution < 1.29 is 14.3 Å². The van der Waals surface area contributed by atoms with Gasteiger partial charge in [-0.3, -0.25) is 0 Å². The highest BCUT2D eigenvalue weighted by Crippen LogP contribution is 2.26. The van der Waals surface area contributed by atoms with Crippen LogP contribution < -0.4 is 0 Å². The second kappa shape index (κ2) is 2.29. The minimum Gasteiger partial charge on any atom is -0.443 e. The molecule has 1 aliphatic rings. The number of hydrogen-bond donors (Lipinski definition) is 0. The number of amides is 1. The zero-order valence-electron chi connectivity index (χ0n) is 5.76. The molecule has 0 spiro atoms. The van der Waals surface area contributed by atoms with Gasteiger partial charge in [-0.15, -0.1) is 0 Å². The van der Waals surface area contributed by atoms with Crippen LogP contribution in [0.2, 0.25) is 0 Å². The normalized spacial score (nSPS) is 32.7. The molecule has 0 aromatic heterocycles. The molecule has 4 nitrogen and oxygen atoms in total. The molecule has 1 amide bonds. The highest BCUT2D eigenvalue weighted by atomic mass is 35.5. The Hall–Kier alpha value is -0.480. The van der Waals surface area contributed by atoms with Crippen molar-refractivity contribution >= 4 is 17.9 Å². The van der Waals surface area contributed by atoms with Gasteiger partial charge in [-0.1, -0.05) is 0 Å². The van der Waals surface area contributed by atoms with Crippen molar-refractivity contribution in [3.05, 3.63) is 0 Å². The van der Waals surface area contributed by atoms with E-state index in [9.17, 15) is 4.79 Å². The lowest BCUT2D eigenvalue weighted by Crippen LogP contribution is -2.40. The summed E-state index contributed by atoms with van der Waals surface area (Å²) in [6, 6.07) is 0. The van der Waals surface area contributed by atoms with Crippen LogP contribution >= 0.6 is 11.8 Å². The Morgan fingerprint density at radius 2 is 2.50 bits per heavy atom. The molecule has 58 valence electrons. The maximum absolute atomic E-state index is 10.6. The van der Waals surface area contributed by atoms with Gasteiger partial charge in [-0.05, 0) is 6.92 Å². The fourth-order valence-electron chi connectivity index (χ4n) is 0.641. The van der Waals surface area contributed by atoms with Gasteiger partial charge < -0.3 is 9.47 Å². The second-order valence-corrected chi connectivity index (χ2v) is 2.55. The number of rotatable bonds is 1. The molecule has 0 aliphatic carbocycles. The lowest BCUT2D eigenvalue weighted by Gasteiger charge is -2.23. The second-order valence-electron chi connectivity index (χ2n) is 2.21. The highest BCUT2D eigenvalue weighted by Gasteiger charge is 2.43. The predicted molar refractivity (Wildman–Crippen MR) is 34.5 cm³/mol. The summed E-state index contributed by atoms with van der Waals surface area (Å²) in [6.45, 7) is 1.84. The first-order valence-corrected chi connectivity index (χ1v) is 3.12. The van der Waals surface area contributed by atoms with Crippen molar-refractivity contribution in [1.29, 1.82) is 0 Å². The summed E-state index contributed by atoms with van der Waals surface area (Å²) >= 11 is 5.50. The van der Waals surface area contributed by atoms with Gasteiger partial charge in [0, 0.05) is 18.9 Å². The molecule has 1 fully saturated rings. The van der Waals surface area contributed by atoms with Gasteiger partial charge in [0.1, 0.15) is 6.61 Å². The van der Waals surface area contributed by atoms with Crippen molar-refractivity contribution in [2.75, 3.05) is 13.7 Å². The van der Waals surface area contributed by atoms with Crippen LogP contribution in [-0.2, 0) is 9.47 Å². The number of nitrogens with zero attached hydrogens (tertiary/aromatic N) is 1. The maximum Gasteiger partial charge on any atom is 0.427 e. The Bertz CT molecular complexity index is 163. The molecule has 1 saturated heterocycles. The van der Waals surface area contributed by atoms with E-state index in [0.29, 0.717) is 0 Å². The van der Waals surface area contributed by atoms with Gasteiger partial charge in [0.05, 0.1) is 0 Å². The molecule has 1 atom stereocenters. The molecule has 0 saturated carbocycles. The molecule has 10 heavy (non-hydrogen) atoms. The summed E-state index contributed by atoms with van der Waals surface area (Å²) in [7, 11) is 1.47. The summed E-state index contributed by atoms with van der Waals surface area (Å²) in [5.41, 5.74) is -0.807. The van der Waals surface area contributed by atoms with E-state index in [1.165, 1.54) is 7.11 Å². The van der Waals surface area contributed by atoms with Crippen molar-refractivity contribution in [1.82, 2.24) is 4.42 Å². The molecule has 1 heterocycles. The first-order chi connectivity index (χ1) is 4.60. The number of cyclic esters (lactones) is 1. The van der Waals surface area contributed by atoms with Gasteiger partial charge >= 0.3 is 6.09 Å². The van der Waals surface area contributed by atoms with Crippen molar-refractivity contribution in [2.24, 2.45) is 0 Å². The van der Waals surface area contributed by atoms with Gasteiger partial charge in [0.15, 0.2) is 5.72 Å². The third kappa shape index (κ3) is 0.932. The van der Waals surface area contributed by atoms with Crippen LogP contribution in [0.25, 0.3) is 0 Å². The number of carbonyl (C=O) groups is 1. The summed E-state index contributed by atoms with van der Waals surface area (Å²) in [4.78, 5) is 10.6. The lowest BCUT2D eigenvalue weighted by molar-refractivity contribution is -0.0502. The van der Waals surface area contributed by atoms with E-state index < -0.39 is 11.8 Å². The molecule has 1 rings (SSSR count). The van der Waals surface area contributed by atoms with Gasteiger partial charge in [0.2, 0.25) is 0 Å². The van der Waals surface area contributed by atoms with E-state index in [0.717, 1.165) is 4.42 Å². The van der Waals surface area contributed by atoms with Crippen LogP contribution in [0.5, 0.6) is 0 Å². The van der Waals surface area contributed by atoms with Crippen LogP contribution in [-0.4, -0.2) is 30.0 Å². The van der Waals surface area contributed by atoms with Gasteiger partial charge in [0.25, 0.3) is 0 Å². The van der Waals surface area contributed by atoms with Crippen LogP contribution in [0.3, 0.4) is 0 Å². The zero-order chi connectivity index (χ0) is 7.78.